The third-order valence-electron chi connectivity index (χ3n) is 3.11. The molecule has 2 heterocycles. The normalized spacial score (nSPS) is 15.9. The Bertz CT molecular complexity index is 467. The third kappa shape index (κ3) is 2.53. The van der Waals surface area contributed by atoms with E-state index in [-0.39, 0.29) is 11.8 Å². The Morgan fingerprint density at radius 3 is 3.00 bits per heavy atom. The van der Waals surface area contributed by atoms with Gasteiger partial charge in [-0.2, -0.15) is 0 Å². The van der Waals surface area contributed by atoms with E-state index in [2.05, 4.69) is 5.43 Å². The van der Waals surface area contributed by atoms with Gasteiger partial charge in [0.2, 0.25) is 5.91 Å². The molecule has 0 bridgehead atoms. The van der Waals surface area contributed by atoms with Gasteiger partial charge in [0.25, 0.3) is 5.91 Å². The highest BCUT2D eigenvalue weighted by molar-refractivity contribution is 5.94. The van der Waals surface area contributed by atoms with E-state index < -0.39 is 0 Å². The van der Waals surface area contributed by atoms with Gasteiger partial charge >= 0.3 is 0 Å². The molecule has 18 heavy (non-hydrogen) atoms. The lowest BCUT2D eigenvalue weighted by molar-refractivity contribution is -0.134. The van der Waals surface area contributed by atoms with Gasteiger partial charge in [-0.15, -0.1) is 0 Å². The first kappa shape index (κ1) is 12.6. The SMILES string of the molecule is Cc1oc(CN2CCCCC2=O)cc1C(=O)NN. The smallest absolute Gasteiger partial charge is 0.268 e. The minimum atomic E-state index is -0.382. The van der Waals surface area contributed by atoms with Gasteiger partial charge in [0.05, 0.1) is 12.1 Å². The molecule has 0 aliphatic carbocycles. The van der Waals surface area contributed by atoms with Crippen molar-refractivity contribution in [1.82, 2.24) is 10.3 Å². The van der Waals surface area contributed by atoms with Crippen LogP contribution in [0.5, 0.6) is 0 Å². The molecule has 6 nitrogen and oxygen atoms in total. The maximum atomic E-state index is 11.7. The Kier molecular flexibility index (Phi) is 3.66. The van der Waals surface area contributed by atoms with Gasteiger partial charge in [-0.1, -0.05) is 0 Å². The van der Waals surface area contributed by atoms with Crippen LogP contribution in [0.3, 0.4) is 0 Å². The molecule has 0 radical (unpaired) electrons. The van der Waals surface area contributed by atoms with Gasteiger partial charge < -0.3 is 9.32 Å². The highest BCUT2D eigenvalue weighted by Crippen LogP contribution is 2.19. The summed E-state index contributed by atoms with van der Waals surface area (Å²) in [5.74, 6) is 5.96. The lowest BCUT2D eigenvalue weighted by Crippen LogP contribution is -2.34. The lowest BCUT2D eigenvalue weighted by Gasteiger charge is -2.25. The third-order valence-corrected chi connectivity index (χ3v) is 3.11. The molecular weight excluding hydrogens is 234 g/mol. The second-order valence-electron chi connectivity index (χ2n) is 4.43. The van der Waals surface area contributed by atoms with Crippen molar-refractivity contribution in [3.63, 3.8) is 0 Å². The van der Waals surface area contributed by atoms with Crippen molar-refractivity contribution in [1.29, 1.82) is 0 Å². The Hall–Kier alpha value is -1.82. The number of aryl methyl sites for hydroxylation is 1. The van der Waals surface area contributed by atoms with Crippen LogP contribution in [0.25, 0.3) is 0 Å². The molecule has 2 amide bonds. The number of nitrogens with zero attached hydrogens (tertiary/aromatic N) is 1. The van der Waals surface area contributed by atoms with Crippen LogP contribution in [0.15, 0.2) is 10.5 Å². The monoisotopic (exact) mass is 251 g/mol. The molecule has 1 aromatic heterocycles. The topological polar surface area (TPSA) is 88.6 Å². The van der Waals surface area contributed by atoms with Crippen LogP contribution in [0.1, 0.15) is 41.1 Å². The maximum absolute atomic E-state index is 11.7. The number of carbonyl (C=O) groups excluding carboxylic acids is 2. The molecule has 1 fully saturated rings. The minimum Gasteiger partial charge on any atom is -0.464 e. The van der Waals surface area contributed by atoms with Gasteiger partial charge in [-0.3, -0.25) is 15.0 Å². The quantitative estimate of drug-likeness (QED) is 0.470. The fraction of sp³-hybridized carbons (Fsp3) is 0.500. The van der Waals surface area contributed by atoms with E-state index >= 15 is 0 Å². The van der Waals surface area contributed by atoms with Crippen molar-refractivity contribution in [3.05, 3.63) is 23.2 Å². The van der Waals surface area contributed by atoms with Crippen LogP contribution >= 0.6 is 0 Å². The predicted molar refractivity (Wildman–Crippen MR) is 64.4 cm³/mol. The molecule has 0 aromatic carbocycles. The second-order valence-corrected chi connectivity index (χ2v) is 4.43. The number of hydrogen-bond acceptors (Lipinski definition) is 4. The van der Waals surface area contributed by atoms with Crippen LogP contribution < -0.4 is 11.3 Å². The van der Waals surface area contributed by atoms with Crippen LogP contribution in [-0.2, 0) is 11.3 Å². The average Bonchev–Trinajstić information content (AvgIpc) is 2.72. The summed E-state index contributed by atoms with van der Waals surface area (Å²) in [6, 6.07) is 1.64. The highest BCUT2D eigenvalue weighted by atomic mass is 16.3. The van der Waals surface area contributed by atoms with E-state index in [0.717, 1.165) is 19.4 Å². The fourth-order valence-corrected chi connectivity index (χ4v) is 2.14. The standard InChI is InChI=1S/C12H17N3O3/c1-8-10(12(17)14-13)6-9(18-8)7-15-5-3-2-4-11(15)16/h6H,2-5,7,13H2,1H3,(H,14,17). The number of amides is 2. The molecule has 3 N–H and O–H groups in total. The molecule has 1 aliphatic heterocycles. The first-order valence-electron chi connectivity index (χ1n) is 6.00. The summed E-state index contributed by atoms with van der Waals surface area (Å²) in [5.41, 5.74) is 2.48. The largest absolute Gasteiger partial charge is 0.464 e. The number of hydrazine groups is 1. The van der Waals surface area contributed by atoms with E-state index in [4.69, 9.17) is 10.3 Å². The van der Waals surface area contributed by atoms with Crippen molar-refractivity contribution in [3.8, 4) is 0 Å². The number of nitrogens with one attached hydrogen (secondary N) is 1. The number of carbonyl (C=O) groups is 2. The second kappa shape index (κ2) is 5.22. The number of likely N-dealkylation sites (tertiary alicyclic amines) is 1. The molecule has 0 unspecified atom stereocenters. The molecule has 6 heteroatoms. The lowest BCUT2D eigenvalue weighted by atomic mass is 10.1. The number of nitrogens with two attached hydrogens (primary N) is 1. The van der Waals surface area contributed by atoms with E-state index in [1.807, 2.05) is 0 Å². The van der Waals surface area contributed by atoms with Crippen LogP contribution in [0.4, 0.5) is 0 Å². The summed E-state index contributed by atoms with van der Waals surface area (Å²) in [6.45, 7) is 2.86. The average molecular weight is 251 g/mol. The van der Waals surface area contributed by atoms with Crippen molar-refractivity contribution >= 4 is 11.8 Å². The van der Waals surface area contributed by atoms with E-state index in [1.165, 1.54) is 0 Å². The zero-order chi connectivity index (χ0) is 13.1. The van der Waals surface area contributed by atoms with Gasteiger partial charge in [-0.05, 0) is 25.8 Å². The zero-order valence-electron chi connectivity index (χ0n) is 10.4. The fourth-order valence-electron chi connectivity index (χ4n) is 2.14. The molecule has 2 rings (SSSR count). The van der Waals surface area contributed by atoms with E-state index in [1.54, 1.807) is 17.9 Å². The van der Waals surface area contributed by atoms with E-state index in [9.17, 15) is 9.59 Å². The van der Waals surface area contributed by atoms with Gasteiger partial charge in [-0.25, -0.2) is 5.84 Å². The minimum absolute atomic E-state index is 0.139. The number of furan rings is 1. The molecule has 1 aromatic rings. The van der Waals surface area contributed by atoms with Crippen LogP contribution in [0.2, 0.25) is 0 Å². The summed E-state index contributed by atoms with van der Waals surface area (Å²) >= 11 is 0. The van der Waals surface area contributed by atoms with Crippen molar-refractivity contribution in [2.24, 2.45) is 5.84 Å². The Morgan fingerprint density at radius 1 is 1.56 bits per heavy atom. The van der Waals surface area contributed by atoms with Crippen molar-refractivity contribution in [2.75, 3.05) is 6.54 Å². The summed E-state index contributed by atoms with van der Waals surface area (Å²) in [4.78, 5) is 24.8. The first-order valence-corrected chi connectivity index (χ1v) is 6.00. The number of piperidine rings is 1. The Labute approximate surface area is 105 Å². The predicted octanol–water partition coefficient (Wildman–Crippen LogP) is 0.704. The first-order chi connectivity index (χ1) is 8.61. The maximum Gasteiger partial charge on any atom is 0.268 e. The number of hydrogen-bond donors (Lipinski definition) is 2. The molecular formula is C12H17N3O3. The Morgan fingerprint density at radius 2 is 2.33 bits per heavy atom. The summed E-state index contributed by atoms with van der Waals surface area (Å²) in [6.07, 6.45) is 2.56. The molecule has 1 saturated heterocycles. The van der Waals surface area contributed by atoms with Crippen LogP contribution in [0, 0.1) is 6.92 Å². The van der Waals surface area contributed by atoms with Gasteiger partial charge in [0.1, 0.15) is 11.5 Å². The van der Waals surface area contributed by atoms with Crippen molar-refractivity contribution in [2.45, 2.75) is 32.7 Å². The molecule has 0 saturated carbocycles. The summed E-state index contributed by atoms with van der Waals surface area (Å²) in [5, 5.41) is 0. The summed E-state index contributed by atoms with van der Waals surface area (Å²) in [7, 11) is 0. The molecule has 0 atom stereocenters. The molecule has 98 valence electrons. The highest BCUT2D eigenvalue weighted by Gasteiger charge is 2.21. The Balaban J connectivity index is 2.10. The van der Waals surface area contributed by atoms with Gasteiger partial charge in [0, 0.05) is 13.0 Å². The number of nitrogen functional groups attached to an aromatic ring is 1. The van der Waals surface area contributed by atoms with Crippen molar-refractivity contribution < 1.29 is 14.0 Å². The molecule has 1 aliphatic rings. The molecule has 0 spiro atoms. The van der Waals surface area contributed by atoms with Crippen LogP contribution in [-0.4, -0.2) is 23.3 Å². The van der Waals surface area contributed by atoms with Gasteiger partial charge in [0.15, 0.2) is 0 Å². The number of rotatable bonds is 3. The summed E-state index contributed by atoms with van der Waals surface area (Å²) < 4.78 is 5.48. The van der Waals surface area contributed by atoms with E-state index in [0.29, 0.717) is 30.0 Å². The zero-order valence-corrected chi connectivity index (χ0v) is 10.4.